The summed E-state index contributed by atoms with van der Waals surface area (Å²) in [5.41, 5.74) is 2.57. The molecule has 7 heteroatoms. The lowest BCUT2D eigenvalue weighted by Crippen LogP contribution is -2.33. The second-order valence-corrected chi connectivity index (χ2v) is 5.03. The molecule has 0 atom stereocenters. The predicted molar refractivity (Wildman–Crippen MR) is 69.8 cm³/mol. The second kappa shape index (κ2) is 4.68. The Morgan fingerprint density at radius 3 is 2.81 bits per heavy atom. The highest BCUT2D eigenvalue weighted by atomic mass is 19.4. The van der Waals surface area contributed by atoms with E-state index in [9.17, 15) is 18.0 Å². The van der Waals surface area contributed by atoms with Crippen molar-refractivity contribution in [3.63, 3.8) is 0 Å². The molecule has 1 amide bonds. The van der Waals surface area contributed by atoms with Gasteiger partial charge in [-0.3, -0.25) is 4.79 Å². The van der Waals surface area contributed by atoms with Crippen LogP contribution in [0.1, 0.15) is 18.2 Å². The Labute approximate surface area is 118 Å². The largest absolute Gasteiger partial charge is 0.573 e. The summed E-state index contributed by atoms with van der Waals surface area (Å²) in [6, 6.07) is 4.20. The molecule has 0 radical (unpaired) electrons. The summed E-state index contributed by atoms with van der Waals surface area (Å²) in [6.07, 6.45) is -4.05. The molecule has 2 heterocycles. The van der Waals surface area contributed by atoms with Crippen molar-refractivity contribution >= 4 is 16.8 Å². The van der Waals surface area contributed by atoms with Crippen molar-refractivity contribution in [2.75, 3.05) is 6.54 Å². The van der Waals surface area contributed by atoms with E-state index in [1.165, 1.54) is 19.1 Å². The van der Waals surface area contributed by atoms with E-state index in [1.54, 1.807) is 11.0 Å². The van der Waals surface area contributed by atoms with Gasteiger partial charge in [0, 0.05) is 48.6 Å². The highest BCUT2D eigenvalue weighted by Gasteiger charge is 2.31. The van der Waals surface area contributed by atoms with Gasteiger partial charge in [0.2, 0.25) is 5.91 Å². The molecule has 4 nitrogen and oxygen atoms in total. The number of benzene rings is 1. The Bertz CT molecular complexity index is 706. The van der Waals surface area contributed by atoms with E-state index in [0.717, 1.165) is 16.8 Å². The Hall–Kier alpha value is -2.18. The lowest BCUT2D eigenvalue weighted by molar-refractivity contribution is -0.274. The Balaban J connectivity index is 2.01. The standard InChI is InChI=1S/C14H13F3N2O2/c1-8(20)19-5-4-13-11(7-19)10-6-9(21-14(15,16)17)2-3-12(10)18-13/h2-3,6,18H,4-5,7H2,1H3. The predicted octanol–water partition coefficient (Wildman–Crippen LogP) is 2.97. The van der Waals surface area contributed by atoms with Crippen molar-refractivity contribution in [1.82, 2.24) is 9.88 Å². The molecule has 21 heavy (non-hydrogen) atoms. The summed E-state index contributed by atoms with van der Waals surface area (Å²) in [5, 5.41) is 0.665. The number of halogens is 3. The van der Waals surface area contributed by atoms with Gasteiger partial charge in [0.1, 0.15) is 5.75 Å². The van der Waals surface area contributed by atoms with Gasteiger partial charge in [0.25, 0.3) is 0 Å². The number of ether oxygens (including phenoxy) is 1. The SMILES string of the molecule is CC(=O)N1CCc2[nH]c3ccc(OC(F)(F)F)cc3c2C1. The zero-order valence-electron chi connectivity index (χ0n) is 11.3. The summed E-state index contributed by atoms with van der Waals surface area (Å²) in [4.78, 5) is 16.3. The molecule has 0 saturated carbocycles. The maximum Gasteiger partial charge on any atom is 0.573 e. The summed E-state index contributed by atoms with van der Waals surface area (Å²) in [5.74, 6) is -0.297. The number of carbonyl (C=O) groups excluding carboxylic acids is 1. The number of carbonyl (C=O) groups is 1. The number of H-pyrrole nitrogens is 1. The van der Waals surface area contributed by atoms with Crippen LogP contribution in [0.25, 0.3) is 10.9 Å². The number of nitrogens with one attached hydrogen (secondary N) is 1. The number of amides is 1. The van der Waals surface area contributed by atoms with Gasteiger partial charge in [-0.25, -0.2) is 0 Å². The van der Waals surface area contributed by atoms with E-state index in [-0.39, 0.29) is 11.7 Å². The highest BCUT2D eigenvalue weighted by molar-refractivity contribution is 5.87. The molecular weight excluding hydrogens is 285 g/mol. The third-order valence-corrected chi connectivity index (χ3v) is 3.63. The van der Waals surface area contributed by atoms with Crippen LogP contribution in [-0.4, -0.2) is 28.7 Å². The molecule has 0 unspecified atom stereocenters. The van der Waals surface area contributed by atoms with Crippen LogP contribution in [0, 0.1) is 0 Å². The quantitative estimate of drug-likeness (QED) is 0.879. The third kappa shape index (κ3) is 2.68. The van der Waals surface area contributed by atoms with Gasteiger partial charge in [-0.05, 0) is 18.2 Å². The van der Waals surface area contributed by atoms with Crippen molar-refractivity contribution in [3.05, 3.63) is 29.5 Å². The first-order chi connectivity index (χ1) is 9.83. The smallest absolute Gasteiger partial charge is 0.406 e. The molecule has 0 bridgehead atoms. The van der Waals surface area contributed by atoms with Crippen molar-refractivity contribution in [2.45, 2.75) is 26.3 Å². The van der Waals surface area contributed by atoms with Crippen LogP contribution in [0.5, 0.6) is 5.75 Å². The van der Waals surface area contributed by atoms with E-state index < -0.39 is 6.36 Å². The van der Waals surface area contributed by atoms with Crippen LogP contribution < -0.4 is 4.74 Å². The molecular formula is C14H13F3N2O2. The van der Waals surface area contributed by atoms with E-state index in [2.05, 4.69) is 9.72 Å². The molecule has 0 fully saturated rings. The van der Waals surface area contributed by atoms with E-state index in [1.807, 2.05) is 0 Å². The highest BCUT2D eigenvalue weighted by Crippen LogP contribution is 2.32. The fourth-order valence-electron chi connectivity index (χ4n) is 2.66. The fourth-order valence-corrected chi connectivity index (χ4v) is 2.66. The van der Waals surface area contributed by atoms with Gasteiger partial charge in [-0.15, -0.1) is 13.2 Å². The number of rotatable bonds is 1. The van der Waals surface area contributed by atoms with Crippen molar-refractivity contribution in [1.29, 1.82) is 0 Å². The minimum Gasteiger partial charge on any atom is -0.406 e. The van der Waals surface area contributed by atoms with Crippen LogP contribution >= 0.6 is 0 Å². The lowest BCUT2D eigenvalue weighted by Gasteiger charge is -2.26. The number of aromatic nitrogens is 1. The monoisotopic (exact) mass is 298 g/mol. The van der Waals surface area contributed by atoms with Gasteiger partial charge in [0.05, 0.1) is 0 Å². The number of aromatic amines is 1. The van der Waals surface area contributed by atoms with E-state index in [4.69, 9.17) is 0 Å². The first kappa shape index (κ1) is 13.8. The summed E-state index contributed by atoms with van der Waals surface area (Å²) in [6.45, 7) is 2.50. The average Bonchev–Trinajstić information content (AvgIpc) is 2.74. The van der Waals surface area contributed by atoms with Gasteiger partial charge >= 0.3 is 6.36 Å². The van der Waals surface area contributed by atoms with Crippen molar-refractivity contribution < 1.29 is 22.7 Å². The van der Waals surface area contributed by atoms with Crippen molar-refractivity contribution in [3.8, 4) is 5.75 Å². The maximum absolute atomic E-state index is 12.3. The van der Waals surface area contributed by atoms with Gasteiger partial charge in [-0.1, -0.05) is 0 Å². The number of hydrogen-bond donors (Lipinski definition) is 1. The second-order valence-electron chi connectivity index (χ2n) is 5.03. The molecule has 1 aliphatic rings. The minimum atomic E-state index is -4.71. The van der Waals surface area contributed by atoms with Crippen LogP contribution in [0.2, 0.25) is 0 Å². The summed E-state index contributed by atoms with van der Waals surface area (Å²) in [7, 11) is 0. The molecule has 0 spiro atoms. The molecule has 0 saturated heterocycles. The summed E-state index contributed by atoms with van der Waals surface area (Å²) >= 11 is 0. The van der Waals surface area contributed by atoms with Gasteiger partial charge < -0.3 is 14.6 Å². The third-order valence-electron chi connectivity index (χ3n) is 3.63. The first-order valence-corrected chi connectivity index (χ1v) is 6.48. The zero-order chi connectivity index (χ0) is 15.2. The Morgan fingerprint density at radius 1 is 1.38 bits per heavy atom. The number of fused-ring (bicyclic) bond motifs is 3. The lowest BCUT2D eigenvalue weighted by atomic mass is 10.0. The van der Waals surface area contributed by atoms with Gasteiger partial charge in [0.15, 0.2) is 0 Å². The normalized spacial score (nSPS) is 15.1. The zero-order valence-corrected chi connectivity index (χ0v) is 11.3. The van der Waals surface area contributed by atoms with E-state index in [0.29, 0.717) is 24.9 Å². The van der Waals surface area contributed by atoms with Crippen LogP contribution in [0.4, 0.5) is 13.2 Å². The topological polar surface area (TPSA) is 45.3 Å². The molecule has 0 aliphatic carbocycles. The minimum absolute atomic E-state index is 0.0438. The van der Waals surface area contributed by atoms with Crippen LogP contribution in [0.15, 0.2) is 18.2 Å². The molecule has 1 N–H and O–H groups in total. The van der Waals surface area contributed by atoms with Crippen molar-refractivity contribution in [2.24, 2.45) is 0 Å². The first-order valence-electron chi connectivity index (χ1n) is 6.48. The molecule has 112 valence electrons. The van der Waals surface area contributed by atoms with Crippen LogP contribution in [-0.2, 0) is 17.8 Å². The van der Waals surface area contributed by atoms with Gasteiger partial charge in [-0.2, -0.15) is 0 Å². The Kier molecular flexibility index (Phi) is 3.07. The number of alkyl halides is 3. The van der Waals surface area contributed by atoms with E-state index >= 15 is 0 Å². The Morgan fingerprint density at radius 2 is 2.14 bits per heavy atom. The molecule has 1 aromatic carbocycles. The number of hydrogen-bond acceptors (Lipinski definition) is 2. The molecule has 2 aromatic rings. The molecule has 1 aromatic heterocycles. The maximum atomic E-state index is 12.3. The average molecular weight is 298 g/mol. The van der Waals surface area contributed by atoms with Crippen LogP contribution in [0.3, 0.4) is 0 Å². The summed E-state index contributed by atoms with van der Waals surface area (Å²) < 4.78 is 40.8. The fraction of sp³-hybridized carbons (Fsp3) is 0.357. The number of nitrogens with zero attached hydrogens (tertiary/aromatic N) is 1. The molecule has 1 aliphatic heterocycles. The molecule has 3 rings (SSSR count).